The van der Waals surface area contributed by atoms with Crippen molar-refractivity contribution < 1.29 is 24.0 Å². The molecular weight excluding hydrogens is 446 g/mol. The van der Waals surface area contributed by atoms with Gasteiger partial charge in [-0.25, -0.2) is 0 Å². The summed E-state index contributed by atoms with van der Waals surface area (Å²) in [5.41, 5.74) is 0.240. The van der Waals surface area contributed by atoms with Gasteiger partial charge in [-0.1, -0.05) is 0 Å². The second-order valence-corrected chi connectivity index (χ2v) is 11.1. The number of non-ortho nitro benzene ring substituents is 1. The molecule has 9 nitrogen and oxygen atoms in total. The first kappa shape index (κ1) is 24.8. The molecule has 0 spiro atoms. The minimum absolute atomic E-state index is 0.0513. The largest absolute Gasteiger partial charge is 0.463 e. The number of carbonyl (C=O) groups is 2. The average molecular weight is 476 g/mol. The molecule has 2 heterocycles. The Morgan fingerprint density at radius 3 is 2.36 bits per heavy atom. The number of H-pyrrole nitrogens is 1. The number of nitro groups is 1. The van der Waals surface area contributed by atoms with Gasteiger partial charge in [0.05, 0.1) is 27.5 Å². The van der Waals surface area contributed by atoms with Crippen molar-refractivity contribution in [3.63, 3.8) is 0 Å². The Balaban J connectivity index is 1.81. The molecule has 0 amide bonds. The molecule has 0 unspecified atom stereocenters. The topological polar surface area (TPSA) is 124 Å². The van der Waals surface area contributed by atoms with Crippen LogP contribution in [0, 0.1) is 20.9 Å². The molecular formula is C23H29N3O6S. The van der Waals surface area contributed by atoms with Gasteiger partial charge in [0.25, 0.3) is 5.69 Å². The maximum Gasteiger partial charge on any atom is 0.311 e. The van der Waals surface area contributed by atoms with E-state index in [0.29, 0.717) is 33.0 Å². The van der Waals surface area contributed by atoms with Crippen LogP contribution in [-0.4, -0.2) is 45.3 Å². The number of nitro benzene ring substituents is 1. The molecule has 1 N–H and O–H groups in total. The minimum Gasteiger partial charge on any atom is -0.463 e. The molecule has 0 saturated heterocycles. The SMILES string of the molecule is CC(C)(C)C(=O)OCc1cc([N+](=O)[O-])c2[nH]c(C3=N[C@H](COC(=O)C(C)(C)C)CS3)cc2c1. The van der Waals surface area contributed by atoms with Crippen LogP contribution in [0.1, 0.15) is 52.8 Å². The summed E-state index contributed by atoms with van der Waals surface area (Å²) in [5, 5.41) is 13.0. The number of aliphatic imine (C=N–C) groups is 1. The van der Waals surface area contributed by atoms with E-state index in [2.05, 4.69) is 9.98 Å². The van der Waals surface area contributed by atoms with Crippen LogP contribution in [0.5, 0.6) is 0 Å². The lowest BCUT2D eigenvalue weighted by molar-refractivity contribution is -0.383. The van der Waals surface area contributed by atoms with Crippen molar-refractivity contribution in [3.05, 3.63) is 39.6 Å². The molecule has 1 aliphatic heterocycles. The highest BCUT2D eigenvalue weighted by molar-refractivity contribution is 8.14. The van der Waals surface area contributed by atoms with Gasteiger partial charge in [-0.3, -0.25) is 24.7 Å². The number of rotatable bonds is 6. The number of nitrogens with zero attached hydrogens (tertiary/aromatic N) is 2. The average Bonchev–Trinajstić information content (AvgIpc) is 3.34. The lowest BCUT2D eigenvalue weighted by Gasteiger charge is -2.17. The van der Waals surface area contributed by atoms with Gasteiger partial charge in [0.2, 0.25) is 0 Å². The lowest BCUT2D eigenvalue weighted by Crippen LogP contribution is -2.26. The van der Waals surface area contributed by atoms with Gasteiger partial charge in [0.1, 0.15) is 23.8 Å². The fourth-order valence-electron chi connectivity index (χ4n) is 3.03. The first-order chi connectivity index (χ1) is 15.3. The quantitative estimate of drug-likeness (QED) is 0.367. The number of nitrogens with one attached hydrogen (secondary N) is 1. The predicted octanol–water partition coefficient (Wildman–Crippen LogP) is 4.62. The van der Waals surface area contributed by atoms with E-state index in [1.165, 1.54) is 17.8 Å². The van der Waals surface area contributed by atoms with Crippen LogP contribution in [0.3, 0.4) is 0 Å². The highest BCUT2D eigenvalue weighted by Gasteiger charge is 2.28. The highest BCUT2D eigenvalue weighted by Crippen LogP contribution is 2.32. The summed E-state index contributed by atoms with van der Waals surface area (Å²) in [4.78, 5) is 43.0. The van der Waals surface area contributed by atoms with Crippen molar-refractivity contribution in [3.8, 4) is 0 Å². The normalized spacial score (nSPS) is 16.5. The molecule has 0 radical (unpaired) electrons. The fraction of sp³-hybridized carbons (Fsp3) is 0.522. The van der Waals surface area contributed by atoms with Gasteiger partial charge in [0, 0.05) is 17.2 Å². The number of ether oxygens (including phenoxy) is 2. The van der Waals surface area contributed by atoms with Crippen LogP contribution in [0.2, 0.25) is 0 Å². The highest BCUT2D eigenvalue weighted by atomic mass is 32.2. The Morgan fingerprint density at radius 1 is 1.12 bits per heavy atom. The van der Waals surface area contributed by atoms with Crippen LogP contribution < -0.4 is 0 Å². The van der Waals surface area contributed by atoms with Gasteiger partial charge in [-0.15, -0.1) is 11.8 Å². The van der Waals surface area contributed by atoms with Crippen molar-refractivity contribution >= 4 is 45.3 Å². The van der Waals surface area contributed by atoms with E-state index >= 15 is 0 Å². The zero-order valence-electron chi connectivity index (χ0n) is 19.7. The molecule has 1 atom stereocenters. The number of aromatic amines is 1. The molecule has 0 saturated carbocycles. The molecule has 2 aromatic rings. The summed E-state index contributed by atoms with van der Waals surface area (Å²) in [6.45, 7) is 10.8. The maximum absolute atomic E-state index is 12.1. The predicted molar refractivity (Wildman–Crippen MR) is 127 cm³/mol. The molecule has 1 aromatic carbocycles. The summed E-state index contributed by atoms with van der Waals surface area (Å²) in [7, 11) is 0. The third kappa shape index (κ3) is 5.93. The molecule has 178 valence electrons. The summed E-state index contributed by atoms with van der Waals surface area (Å²) >= 11 is 1.50. The standard InChI is InChI=1S/C23H29N3O6S/c1-22(2,3)20(27)31-10-13-7-14-9-16(25-18(14)17(8-13)26(29)30)19-24-15(12-33-19)11-32-21(28)23(4,5)6/h7-9,15,25H,10-12H2,1-6H3/t15-/m1/s1. The zero-order chi connectivity index (χ0) is 24.6. The molecule has 0 fully saturated rings. The molecule has 10 heteroatoms. The number of aromatic nitrogens is 1. The summed E-state index contributed by atoms with van der Waals surface area (Å²) < 4.78 is 10.7. The lowest BCUT2D eigenvalue weighted by atomic mass is 9.97. The Bertz CT molecular complexity index is 1120. The van der Waals surface area contributed by atoms with Crippen molar-refractivity contribution in [1.82, 2.24) is 4.98 Å². The Kier molecular flexibility index (Phi) is 6.88. The van der Waals surface area contributed by atoms with Crippen molar-refractivity contribution in [2.45, 2.75) is 54.2 Å². The van der Waals surface area contributed by atoms with Gasteiger partial charge in [0.15, 0.2) is 0 Å². The molecule has 33 heavy (non-hydrogen) atoms. The Morgan fingerprint density at radius 2 is 1.76 bits per heavy atom. The Labute approximate surface area is 196 Å². The number of hydrogen-bond acceptors (Lipinski definition) is 8. The van der Waals surface area contributed by atoms with E-state index in [1.54, 1.807) is 53.7 Å². The summed E-state index contributed by atoms with van der Waals surface area (Å²) in [5.74, 6) is -0.00917. The van der Waals surface area contributed by atoms with E-state index in [4.69, 9.17) is 9.47 Å². The molecule has 0 bridgehead atoms. The van der Waals surface area contributed by atoms with Crippen molar-refractivity contribution in [1.29, 1.82) is 0 Å². The molecule has 0 aliphatic carbocycles. The number of thioether (sulfide) groups is 1. The minimum atomic E-state index is -0.660. The van der Waals surface area contributed by atoms with Crippen LogP contribution >= 0.6 is 11.8 Å². The third-order valence-electron chi connectivity index (χ3n) is 4.91. The first-order valence-corrected chi connectivity index (χ1v) is 11.6. The van der Waals surface area contributed by atoms with Gasteiger partial charge >= 0.3 is 11.9 Å². The number of benzene rings is 1. The summed E-state index contributed by atoms with van der Waals surface area (Å²) in [6.07, 6.45) is 0. The fourth-order valence-corrected chi connectivity index (χ4v) is 4.04. The van der Waals surface area contributed by atoms with Crippen LogP contribution in [-0.2, 0) is 25.7 Å². The van der Waals surface area contributed by atoms with E-state index < -0.39 is 15.8 Å². The second-order valence-electron chi connectivity index (χ2n) is 10.1. The van der Waals surface area contributed by atoms with E-state index in [-0.39, 0.29) is 36.9 Å². The number of hydrogen-bond donors (Lipinski definition) is 1. The molecule has 3 rings (SSSR count). The van der Waals surface area contributed by atoms with Crippen molar-refractivity contribution in [2.24, 2.45) is 15.8 Å². The van der Waals surface area contributed by atoms with E-state index in [9.17, 15) is 19.7 Å². The molecule has 1 aliphatic rings. The van der Waals surface area contributed by atoms with Crippen molar-refractivity contribution in [2.75, 3.05) is 12.4 Å². The van der Waals surface area contributed by atoms with E-state index in [0.717, 1.165) is 0 Å². The van der Waals surface area contributed by atoms with Crippen LogP contribution in [0.15, 0.2) is 23.2 Å². The van der Waals surface area contributed by atoms with Gasteiger partial charge < -0.3 is 14.5 Å². The maximum atomic E-state index is 12.1. The molecule has 1 aromatic heterocycles. The van der Waals surface area contributed by atoms with Gasteiger partial charge in [-0.05, 0) is 59.2 Å². The Hall–Kier alpha value is -2.88. The van der Waals surface area contributed by atoms with E-state index in [1.807, 2.05) is 0 Å². The third-order valence-corrected chi connectivity index (χ3v) is 6.06. The van der Waals surface area contributed by atoms with Crippen LogP contribution in [0.25, 0.3) is 10.9 Å². The zero-order valence-corrected chi connectivity index (χ0v) is 20.5. The monoisotopic (exact) mass is 475 g/mol. The smallest absolute Gasteiger partial charge is 0.311 e. The van der Waals surface area contributed by atoms with Crippen LogP contribution in [0.4, 0.5) is 5.69 Å². The number of carbonyl (C=O) groups excluding carboxylic acids is 2. The van der Waals surface area contributed by atoms with Gasteiger partial charge in [-0.2, -0.15) is 0 Å². The number of fused-ring (bicyclic) bond motifs is 1. The first-order valence-electron chi connectivity index (χ1n) is 10.6. The number of esters is 2. The second kappa shape index (κ2) is 9.17. The summed E-state index contributed by atoms with van der Waals surface area (Å²) in [6, 6.07) is 4.80.